The van der Waals surface area contributed by atoms with Crippen LogP contribution in [0.15, 0.2) is 37.6 Å². The lowest BCUT2D eigenvalue weighted by Crippen LogP contribution is -2.16. The molecule has 0 saturated heterocycles. The second kappa shape index (κ2) is 6.63. The van der Waals surface area contributed by atoms with E-state index in [0.29, 0.717) is 0 Å². The van der Waals surface area contributed by atoms with Gasteiger partial charge in [-0.3, -0.25) is 0 Å². The molecule has 0 aromatic carbocycles. The third-order valence-corrected chi connectivity index (χ3v) is 1.09. The standard InChI is InChI=1S/C9H12N2/c1-3-7-11(8-4-2)9-5-6-10/h3-5,9H,1-2,7-8H2. The Hall–Kier alpha value is -1.49. The van der Waals surface area contributed by atoms with Crippen molar-refractivity contribution in [2.75, 3.05) is 13.1 Å². The Morgan fingerprint density at radius 1 is 1.27 bits per heavy atom. The highest BCUT2D eigenvalue weighted by Gasteiger charge is 1.89. The van der Waals surface area contributed by atoms with Crippen LogP contribution in [-0.2, 0) is 0 Å². The van der Waals surface area contributed by atoms with Gasteiger partial charge < -0.3 is 4.90 Å². The van der Waals surface area contributed by atoms with Crippen molar-refractivity contribution in [3.8, 4) is 6.07 Å². The zero-order valence-electron chi connectivity index (χ0n) is 6.53. The van der Waals surface area contributed by atoms with Gasteiger partial charge in [-0.1, -0.05) is 12.2 Å². The predicted octanol–water partition coefficient (Wildman–Crippen LogP) is 1.70. The van der Waals surface area contributed by atoms with Gasteiger partial charge in [0.2, 0.25) is 0 Å². The van der Waals surface area contributed by atoms with Crippen molar-refractivity contribution in [2.45, 2.75) is 0 Å². The van der Waals surface area contributed by atoms with Crippen LogP contribution in [0.25, 0.3) is 0 Å². The van der Waals surface area contributed by atoms with Gasteiger partial charge in [-0.05, 0) is 0 Å². The van der Waals surface area contributed by atoms with E-state index in [1.54, 1.807) is 18.4 Å². The highest BCUT2D eigenvalue weighted by atomic mass is 15.1. The molecule has 0 aliphatic rings. The van der Waals surface area contributed by atoms with Gasteiger partial charge >= 0.3 is 0 Å². The molecular formula is C9H12N2. The number of hydrogen-bond donors (Lipinski definition) is 0. The molecule has 11 heavy (non-hydrogen) atoms. The average Bonchev–Trinajstić information content (AvgIpc) is 2.01. The summed E-state index contributed by atoms with van der Waals surface area (Å²) in [5, 5.41) is 8.24. The summed E-state index contributed by atoms with van der Waals surface area (Å²) in [6.07, 6.45) is 6.73. The van der Waals surface area contributed by atoms with E-state index >= 15 is 0 Å². The number of rotatable bonds is 5. The van der Waals surface area contributed by atoms with E-state index in [1.807, 2.05) is 11.0 Å². The van der Waals surface area contributed by atoms with Gasteiger partial charge in [0.25, 0.3) is 0 Å². The number of hydrogen-bond acceptors (Lipinski definition) is 2. The Bertz CT molecular complexity index is 176. The van der Waals surface area contributed by atoms with Crippen LogP contribution in [0.1, 0.15) is 0 Å². The largest absolute Gasteiger partial charge is 0.369 e. The van der Waals surface area contributed by atoms with Crippen LogP contribution in [0, 0.1) is 11.3 Å². The molecule has 58 valence electrons. The first-order valence-electron chi connectivity index (χ1n) is 3.37. The first kappa shape index (κ1) is 9.51. The molecule has 0 N–H and O–H groups in total. The fourth-order valence-electron chi connectivity index (χ4n) is 0.667. The normalized spacial score (nSPS) is 9.00. The van der Waals surface area contributed by atoms with E-state index in [0.717, 1.165) is 13.1 Å². The van der Waals surface area contributed by atoms with Crippen molar-refractivity contribution in [3.63, 3.8) is 0 Å². The van der Waals surface area contributed by atoms with Crippen molar-refractivity contribution in [1.29, 1.82) is 5.26 Å². The van der Waals surface area contributed by atoms with Crippen LogP contribution in [0.4, 0.5) is 0 Å². The summed E-state index contributed by atoms with van der Waals surface area (Å²) in [4.78, 5) is 1.93. The zero-order valence-corrected chi connectivity index (χ0v) is 6.53. The minimum Gasteiger partial charge on any atom is -0.369 e. The predicted molar refractivity (Wildman–Crippen MR) is 46.7 cm³/mol. The summed E-state index contributed by atoms with van der Waals surface area (Å²) in [6.45, 7) is 8.68. The van der Waals surface area contributed by atoms with Crippen molar-refractivity contribution < 1.29 is 0 Å². The summed E-state index contributed by atoms with van der Waals surface area (Å²) in [7, 11) is 0. The van der Waals surface area contributed by atoms with Gasteiger partial charge in [-0.25, -0.2) is 0 Å². The molecule has 0 spiro atoms. The number of allylic oxidation sites excluding steroid dienone is 1. The molecule has 0 radical (unpaired) electrons. The van der Waals surface area contributed by atoms with Gasteiger partial charge in [0, 0.05) is 25.4 Å². The first-order valence-corrected chi connectivity index (χ1v) is 3.37. The fraction of sp³-hybridized carbons (Fsp3) is 0.222. The molecular weight excluding hydrogens is 136 g/mol. The molecule has 0 aromatic rings. The van der Waals surface area contributed by atoms with Crippen molar-refractivity contribution in [1.82, 2.24) is 4.90 Å². The lowest BCUT2D eigenvalue weighted by molar-refractivity contribution is 0.463. The second-order valence-corrected chi connectivity index (χ2v) is 1.98. The monoisotopic (exact) mass is 148 g/mol. The van der Waals surface area contributed by atoms with Gasteiger partial charge in [0.05, 0.1) is 6.07 Å². The quantitative estimate of drug-likeness (QED) is 0.438. The minimum absolute atomic E-state index is 0.740. The first-order chi connectivity index (χ1) is 5.35. The molecule has 0 fully saturated rings. The topological polar surface area (TPSA) is 27.0 Å². The molecule has 0 aliphatic heterocycles. The Kier molecular flexibility index (Phi) is 5.73. The molecule has 0 saturated carbocycles. The van der Waals surface area contributed by atoms with Gasteiger partial charge in [-0.15, -0.1) is 13.2 Å². The van der Waals surface area contributed by atoms with Crippen LogP contribution >= 0.6 is 0 Å². The third-order valence-electron chi connectivity index (χ3n) is 1.09. The molecule has 0 atom stereocenters. The van der Waals surface area contributed by atoms with E-state index in [4.69, 9.17) is 5.26 Å². The lowest BCUT2D eigenvalue weighted by Gasteiger charge is -2.14. The molecule has 0 aromatic heterocycles. The number of nitrogens with zero attached hydrogens (tertiary/aromatic N) is 2. The summed E-state index contributed by atoms with van der Waals surface area (Å²) in [6, 6.07) is 1.92. The highest BCUT2D eigenvalue weighted by molar-refractivity contribution is 5.02. The number of nitriles is 1. The summed E-state index contributed by atoms with van der Waals surface area (Å²) >= 11 is 0. The fourth-order valence-corrected chi connectivity index (χ4v) is 0.667. The third kappa shape index (κ3) is 4.98. The van der Waals surface area contributed by atoms with Crippen LogP contribution in [-0.4, -0.2) is 18.0 Å². The molecule has 0 bridgehead atoms. The average molecular weight is 148 g/mol. The summed E-state index contributed by atoms with van der Waals surface area (Å²) < 4.78 is 0. The van der Waals surface area contributed by atoms with Gasteiger partial charge in [0.1, 0.15) is 0 Å². The van der Waals surface area contributed by atoms with Crippen molar-refractivity contribution >= 4 is 0 Å². The van der Waals surface area contributed by atoms with Crippen molar-refractivity contribution in [2.24, 2.45) is 0 Å². The van der Waals surface area contributed by atoms with Gasteiger partial charge in [-0.2, -0.15) is 5.26 Å². The maximum atomic E-state index is 8.24. The summed E-state index contributed by atoms with van der Waals surface area (Å²) in [5.74, 6) is 0. The molecule has 0 rings (SSSR count). The van der Waals surface area contributed by atoms with E-state index in [-0.39, 0.29) is 0 Å². The maximum Gasteiger partial charge on any atom is 0.0927 e. The Balaban J connectivity index is 3.88. The zero-order chi connectivity index (χ0) is 8.53. The smallest absolute Gasteiger partial charge is 0.0927 e. The molecule has 0 heterocycles. The molecule has 2 nitrogen and oxygen atoms in total. The maximum absolute atomic E-state index is 8.24. The van der Waals surface area contributed by atoms with E-state index in [2.05, 4.69) is 13.2 Å². The highest BCUT2D eigenvalue weighted by Crippen LogP contribution is 1.89. The molecule has 0 amide bonds. The van der Waals surface area contributed by atoms with Crippen LogP contribution in [0.3, 0.4) is 0 Å². The Morgan fingerprint density at radius 2 is 1.82 bits per heavy atom. The molecule has 0 aliphatic carbocycles. The van der Waals surface area contributed by atoms with Gasteiger partial charge in [0.15, 0.2) is 0 Å². The van der Waals surface area contributed by atoms with E-state index < -0.39 is 0 Å². The van der Waals surface area contributed by atoms with E-state index in [9.17, 15) is 0 Å². The van der Waals surface area contributed by atoms with Crippen LogP contribution < -0.4 is 0 Å². The second-order valence-electron chi connectivity index (χ2n) is 1.98. The Morgan fingerprint density at radius 3 is 2.18 bits per heavy atom. The van der Waals surface area contributed by atoms with E-state index in [1.165, 1.54) is 6.08 Å². The Labute approximate surface area is 67.7 Å². The summed E-state index contributed by atoms with van der Waals surface area (Å²) in [5.41, 5.74) is 0. The minimum atomic E-state index is 0.740. The molecule has 2 heteroatoms. The SMILES string of the molecule is C=CCN(C=CC#N)CC=C. The van der Waals surface area contributed by atoms with Crippen molar-refractivity contribution in [3.05, 3.63) is 37.6 Å². The van der Waals surface area contributed by atoms with Crippen LogP contribution in [0.5, 0.6) is 0 Å². The lowest BCUT2D eigenvalue weighted by atomic mass is 10.4. The van der Waals surface area contributed by atoms with Crippen LogP contribution in [0.2, 0.25) is 0 Å². The molecule has 0 unspecified atom stereocenters.